The Morgan fingerprint density at radius 3 is 2.71 bits per heavy atom. The van der Waals surface area contributed by atoms with E-state index in [2.05, 4.69) is 25.6 Å². The van der Waals surface area contributed by atoms with Crippen molar-refractivity contribution in [2.45, 2.75) is 0 Å². The Hall–Kier alpha value is -1.63. The lowest BCUT2D eigenvalue weighted by Crippen LogP contribution is -1.97. The number of methoxy groups -OCH3 is 1. The Morgan fingerprint density at radius 2 is 2.18 bits per heavy atom. The van der Waals surface area contributed by atoms with Gasteiger partial charge in [0.25, 0.3) is 0 Å². The molecule has 1 heterocycles. The summed E-state index contributed by atoms with van der Waals surface area (Å²) in [6.45, 7) is 0. The number of benzene rings is 1. The third-order valence-corrected chi connectivity index (χ3v) is 2.79. The molecule has 1 aromatic carbocycles. The van der Waals surface area contributed by atoms with E-state index in [0.29, 0.717) is 0 Å². The van der Waals surface area contributed by atoms with Crippen LogP contribution in [-0.2, 0) is 0 Å². The Morgan fingerprint density at radius 1 is 1.47 bits per heavy atom. The van der Waals surface area contributed by atoms with Crippen molar-refractivity contribution >= 4 is 21.8 Å². The fourth-order valence-electron chi connectivity index (χ4n) is 1.46. The molecule has 0 spiro atoms. The van der Waals surface area contributed by atoms with Crippen LogP contribution >= 0.6 is 15.9 Å². The van der Waals surface area contributed by atoms with Gasteiger partial charge in [0.2, 0.25) is 5.88 Å². The average Bonchev–Trinajstić information content (AvgIpc) is 2.69. The first-order valence-corrected chi connectivity index (χ1v) is 5.27. The fourth-order valence-corrected chi connectivity index (χ4v) is 2.02. The Kier molecular flexibility index (Phi) is 3.01. The van der Waals surface area contributed by atoms with Crippen molar-refractivity contribution in [3.63, 3.8) is 0 Å². The highest BCUT2D eigenvalue weighted by atomic mass is 79.9. The standard InChI is InChI=1S/C10H7BrF2N2O2/c1-16-9-5(11)2-6(12)8(13)7(9)4-3-15-17-10(4)14/h2-3H,14H2,1H3. The summed E-state index contributed by atoms with van der Waals surface area (Å²) in [5.41, 5.74) is 5.49. The number of hydrogen-bond donors (Lipinski definition) is 1. The van der Waals surface area contributed by atoms with E-state index in [0.717, 1.165) is 6.07 Å². The molecule has 2 rings (SSSR count). The normalized spacial score (nSPS) is 10.6. The van der Waals surface area contributed by atoms with Crippen molar-refractivity contribution in [2.24, 2.45) is 0 Å². The Bertz CT molecular complexity index is 572. The van der Waals surface area contributed by atoms with Crippen molar-refractivity contribution < 1.29 is 18.0 Å². The van der Waals surface area contributed by atoms with Gasteiger partial charge < -0.3 is 15.0 Å². The summed E-state index contributed by atoms with van der Waals surface area (Å²) < 4.78 is 37.0. The van der Waals surface area contributed by atoms with E-state index in [1.165, 1.54) is 13.3 Å². The minimum absolute atomic E-state index is 0.111. The highest BCUT2D eigenvalue weighted by molar-refractivity contribution is 9.10. The summed E-state index contributed by atoms with van der Waals surface area (Å²) in [6, 6.07) is 0.974. The molecule has 17 heavy (non-hydrogen) atoms. The predicted molar refractivity (Wildman–Crippen MR) is 60.5 cm³/mol. The summed E-state index contributed by atoms with van der Waals surface area (Å²) >= 11 is 3.08. The van der Waals surface area contributed by atoms with Crippen molar-refractivity contribution in [1.29, 1.82) is 0 Å². The van der Waals surface area contributed by atoms with E-state index in [4.69, 9.17) is 10.5 Å². The highest BCUT2D eigenvalue weighted by Crippen LogP contribution is 2.41. The lowest BCUT2D eigenvalue weighted by Gasteiger charge is -2.10. The van der Waals surface area contributed by atoms with Gasteiger partial charge in [-0.25, -0.2) is 8.78 Å². The number of nitrogens with two attached hydrogens (primary N) is 1. The summed E-state index contributed by atoms with van der Waals surface area (Å²) in [6.07, 6.45) is 1.20. The molecule has 0 amide bonds. The van der Waals surface area contributed by atoms with Crippen molar-refractivity contribution in [2.75, 3.05) is 12.8 Å². The van der Waals surface area contributed by atoms with Crippen LogP contribution in [0.4, 0.5) is 14.7 Å². The van der Waals surface area contributed by atoms with Gasteiger partial charge in [0.15, 0.2) is 11.6 Å². The predicted octanol–water partition coefficient (Wildman–Crippen LogP) is 2.97. The van der Waals surface area contributed by atoms with E-state index in [9.17, 15) is 8.78 Å². The maximum Gasteiger partial charge on any atom is 0.230 e. The smallest absolute Gasteiger partial charge is 0.230 e. The van der Waals surface area contributed by atoms with Gasteiger partial charge in [0.05, 0.1) is 28.9 Å². The second-order valence-corrected chi connectivity index (χ2v) is 4.02. The molecule has 0 radical (unpaired) electrons. The van der Waals surface area contributed by atoms with Crippen LogP contribution in [0.25, 0.3) is 11.1 Å². The molecule has 0 saturated heterocycles. The van der Waals surface area contributed by atoms with Crippen molar-refractivity contribution in [1.82, 2.24) is 5.16 Å². The molecule has 4 nitrogen and oxygen atoms in total. The van der Waals surface area contributed by atoms with Gasteiger partial charge in [-0.2, -0.15) is 0 Å². The zero-order valence-electron chi connectivity index (χ0n) is 8.63. The van der Waals surface area contributed by atoms with E-state index in [-0.39, 0.29) is 27.2 Å². The lowest BCUT2D eigenvalue weighted by molar-refractivity contribution is 0.406. The molecule has 1 aromatic heterocycles. The second-order valence-electron chi connectivity index (χ2n) is 3.17. The first kappa shape index (κ1) is 11.8. The molecule has 0 aliphatic carbocycles. The van der Waals surface area contributed by atoms with Crippen LogP contribution in [0.2, 0.25) is 0 Å². The monoisotopic (exact) mass is 304 g/mol. The topological polar surface area (TPSA) is 61.3 Å². The number of halogens is 3. The van der Waals surface area contributed by atoms with Crippen LogP contribution < -0.4 is 10.5 Å². The Balaban J connectivity index is 2.80. The summed E-state index contributed by atoms with van der Waals surface area (Å²) in [4.78, 5) is 0. The molecular weight excluding hydrogens is 298 g/mol. The highest BCUT2D eigenvalue weighted by Gasteiger charge is 2.23. The lowest BCUT2D eigenvalue weighted by atomic mass is 10.1. The molecular formula is C10H7BrF2N2O2. The minimum Gasteiger partial charge on any atom is -0.495 e. The zero-order chi connectivity index (χ0) is 12.6. The summed E-state index contributed by atoms with van der Waals surface area (Å²) in [5.74, 6) is -2.08. The molecule has 7 heteroatoms. The van der Waals surface area contributed by atoms with Crippen LogP contribution in [0, 0.1) is 11.6 Å². The molecule has 0 fully saturated rings. The number of ether oxygens (including phenoxy) is 1. The summed E-state index contributed by atoms with van der Waals surface area (Å²) in [7, 11) is 1.34. The first-order chi connectivity index (χ1) is 8.06. The SMILES string of the molecule is COc1c(Br)cc(F)c(F)c1-c1cnoc1N. The van der Waals surface area contributed by atoms with Gasteiger partial charge in [0.1, 0.15) is 5.75 Å². The number of aromatic nitrogens is 1. The number of nitrogen functional groups attached to an aromatic ring is 1. The molecule has 0 bridgehead atoms. The van der Waals surface area contributed by atoms with Gasteiger partial charge in [-0.15, -0.1) is 0 Å². The first-order valence-electron chi connectivity index (χ1n) is 4.48. The van der Waals surface area contributed by atoms with Gasteiger partial charge in [-0.3, -0.25) is 0 Å². The second kappa shape index (κ2) is 4.33. The summed E-state index contributed by atoms with van der Waals surface area (Å²) in [5, 5.41) is 3.41. The molecule has 0 unspecified atom stereocenters. The van der Waals surface area contributed by atoms with E-state index >= 15 is 0 Å². The zero-order valence-corrected chi connectivity index (χ0v) is 10.2. The molecule has 0 saturated carbocycles. The number of nitrogens with zero attached hydrogens (tertiary/aromatic N) is 1. The molecule has 2 N–H and O–H groups in total. The van der Waals surface area contributed by atoms with Gasteiger partial charge in [-0.1, -0.05) is 5.16 Å². The van der Waals surface area contributed by atoms with E-state index in [1.54, 1.807) is 0 Å². The maximum atomic E-state index is 13.8. The minimum atomic E-state index is -1.07. The molecule has 0 aliphatic heterocycles. The van der Waals surface area contributed by atoms with Crippen LogP contribution in [0.3, 0.4) is 0 Å². The van der Waals surface area contributed by atoms with Crippen LogP contribution in [0.15, 0.2) is 21.3 Å². The van der Waals surface area contributed by atoms with Gasteiger partial charge in [-0.05, 0) is 22.0 Å². The quantitative estimate of drug-likeness (QED) is 0.867. The largest absolute Gasteiger partial charge is 0.495 e. The van der Waals surface area contributed by atoms with Gasteiger partial charge >= 0.3 is 0 Å². The van der Waals surface area contributed by atoms with Crippen molar-refractivity contribution in [3.05, 3.63) is 28.4 Å². The maximum absolute atomic E-state index is 13.8. The van der Waals surface area contributed by atoms with Crippen LogP contribution in [-0.4, -0.2) is 12.3 Å². The Labute approximate surface area is 103 Å². The van der Waals surface area contributed by atoms with Crippen LogP contribution in [0.5, 0.6) is 5.75 Å². The molecule has 90 valence electrons. The number of hydrogen-bond acceptors (Lipinski definition) is 4. The average molecular weight is 305 g/mol. The molecule has 2 aromatic rings. The van der Waals surface area contributed by atoms with Crippen molar-refractivity contribution in [3.8, 4) is 16.9 Å². The number of rotatable bonds is 2. The molecule has 0 atom stereocenters. The van der Waals surface area contributed by atoms with Gasteiger partial charge in [0, 0.05) is 0 Å². The van der Waals surface area contributed by atoms with E-state index in [1.807, 2.05) is 0 Å². The fraction of sp³-hybridized carbons (Fsp3) is 0.100. The molecule has 0 aliphatic rings. The van der Waals surface area contributed by atoms with Crippen LogP contribution in [0.1, 0.15) is 0 Å². The third kappa shape index (κ3) is 1.86. The third-order valence-electron chi connectivity index (χ3n) is 2.20. The van der Waals surface area contributed by atoms with E-state index < -0.39 is 11.6 Å². The number of anilines is 1.